The van der Waals surface area contributed by atoms with Crippen LogP contribution in [0.1, 0.15) is 49.2 Å². The molecule has 2 aromatic heterocycles. The molecule has 10 heteroatoms. The summed E-state index contributed by atoms with van der Waals surface area (Å²) in [5.74, 6) is 0.464. The number of benzene rings is 1. The van der Waals surface area contributed by atoms with Gasteiger partial charge in [-0.05, 0) is 37.8 Å². The van der Waals surface area contributed by atoms with Gasteiger partial charge in [-0.15, -0.1) is 0 Å². The van der Waals surface area contributed by atoms with Gasteiger partial charge in [0.25, 0.3) is 5.56 Å². The van der Waals surface area contributed by atoms with Gasteiger partial charge in [0.15, 0.2) is 11.6 Å². The van der Waals surface area contributed by atoms with Crippen LogP contribution in [-0.4, -0.2) is 33.0 Å². The van der Waals surface area contributed by atoms with E-state index in [4.69, 9.17) is 16.1 Å². The molecular formula is C20H18ClF2N5O2. The van der Waals surface area contributed by atoms with Gasteiger partial charge in [0, 0.05) is 31.0 Å². The summed E-state index contributed by atoms with van der Waals surface area (Å²) in [6.07, 6.45) is 5.23. The predicted octanol–water partition coefficient (Wildman–Crippen LogP) is 3.81. The number of nitrogens with zero attached hydrogens (tertiary/aromatic N) is 5. The molecule has 0 N–H and O–H groups in total. The number of hydrogen-bond donors (Lipinski definition) is 0. The lowest BCUT2D eigenvalue weighted by Gasteiger charge is -2.32. The molecule has 1 saturated heterocycles. The van der Waals surface area contributed by atoms with Gasteiger partial charge in [0.2, 0.25) is 5.89 Å². The van der Waals surface area contributed by atoms with Crippen LogP contribution in [0.15, 0.2) is 33.7 Å². The summed E-state index contributed by atoms with van der Waals surface area (Å²) in [4.78, 5) is 19.2. The van der Waals surface area contributed by atoms with E-state index in [1.807, 2.05) is 4.90 Å². The first-order valence-corrected chi connectivity index (χ1v) is 10.2. The summed E-state index contributed by atoms with van der Waals surface area (Å²) < 4.78 is 33.4. The summed E-state index contributed by atoms with van der Waals surface area (Å²) in [6, 6.07) is 2.91. The number of anilines is 1. The number of aromatic nitrogens is 4. The minimum atomic E-state index is -0.889. The molecule has 1 saturated carbocycles. The molecule has 1 aliphatic carbocycles. The summed E-state index contributed by atoms with van der Waals surface area (Å²) in [7, 11) is 0. The zero-order chi connectivity index (χ0) is 20.8. The molecule has 0 bridgehead atoms. The fourth-order valence-corrected chi connectivity index (χ4v) is 4.01. The Balaban J connectivity index is 1.33. The Bertz CT molecular complexity index is 1150. The van der Waals surface area contributed by atoms with Gasteiger partial charge in [0.1, 0.15) is 16.5 Å². The number of halogens is 3. The minimum Gasteiger partial charge on any atom is -0.369 e. The van der Waals surface area contributed by atoms with Gasteiger partial charge in [-0.1, -0.05) is 16.8 Å². The van der Waals surface area contributed by atoms with Crippen LogP contribution < -0.4 is 10.5 Å². The highest BCUT2D eigenvalue weighted by atomic mass is 35.5. The van der Waals surface area contributed by atoms with Gasteiger partial charge in [-0.3, -0.25) is 4.79 Å². The first kappa shape index (κ1) is 19.2. The summed E-state index contributed by atoms with van der Waals surface area (Å²) in [5, 5.41) is 8.14. The van der Waals surface area contributed by atoms with E-state index in [1.54, 1.807) is 0 Å². The van der Waals surface area contributed by atoms with Crippen molar-refractivity contribution in [2.24, 2.45) is 0 Å². The molecule has 2 fully saturated rings. The van der Waals surface area contributed by atoms with E-state index in [0.29, 0.717) is 30.8 Å². The second-order valence-corrected chi connectivity index (χ2v) is 8.06. The van der Waals surface area contributed by atoms with Crippen molar-refractivity contribution >= 4 is 17.3 Å². The predicted molar refractivity (Wildman–Crippen MR) is 105 cm³/mol. The van der Waals surface area contributed by atoms with Crippen LogP contribution in [0.3, 0.4) is 0 Å². The Hall–Kier alpha value is -2.81. The van der Waals surface area contributed by atoms with Gasteiger partial charge in [-0.2, -0.15) is 14.8 Å². The Labute approximate surface area is 175 Å². The van der Waals surface area contributed by atoms with E-state index >= 15 is 0 Å². The smallest absolute Gasteiger partial charge is 0.292 e. The lowest BCUT2D eigenvalue weighted by molar-refractivity contribution is 0.365. The SMILES string of the molecule is O=c1c(Cl)c(N2CCC(c3noc(C4CC4)n3)CC2)cnn1-c1ccc(F)cc1F. The van der Waals surface area contributed by atoms with Gasteiger partial charge < -0.3 is 9.42 Å². The molecule has 1 aromatic carbocycles. The number of hydrogen-bond acceptors (Lipinski definition) is 6. The highest BCUT2D eigenvalue weighted by molar-refractivity contribution is 6.33. The lowest BCUT2D eigenvalue weighted by Crippen LogP contribution is -2.35. The van der Waals surface area contributed by atoms with Gasteiger partial charge in [-0.25, -0.2) is 8.78 Å². The molecule has 1 aliphatic heterocycles. The monoisotopic (exact) mass is 433 g/mol. The molecule has 2 aliphatic rings. The van der Waals surface area contributed by atoms with E-state index in [-0.39, 0.29) is 16.6 Å². The van der Waals surface area contributed by atoms with Gasteiger partial charge >= 0.3 is 0 Å². The molecule has 30 heavy (non-hydrogen) atoms. The van der Waals surface area contributed by atoms with Crippen LogP contribution in [-0.2, 0) is 0 Å². The van der Waals surface area contributed by atoms with Crippen LogP contribution in [0, 0.1) is 11.6 Å². The molecule has 0 atom stereocenters. The molecule has 3 aromatic rings. The van der Waals surface area contributed by atoms with E-state index < -0.39 is 17.2 Å². The number of piperidine rings is 1. The zero-order valence-corrected chi connectivity index (χ0v) is 16.6. The van der Waals surface area contributed by atoms with Crippen molar-refractivity contribution in [2.45, 2.75) is 37.5 Å². The Morgan fingerprint density at radius 3 is 2.53 bits per heavy atom. The average Bonchev–Trinajstić information content (AvgIpc) is 3.48. The van der Waals surface area contributed by atoms with Crippen molar-refractivity contribution in [2.75, 3.05) is 18.0 Å². The third kappa shape index (κ3) is 3.47. The average molecular weight is 434 g/mol. The zero-order valence-electron chi connectivity index (χ0n) is 15.9. The maximum absolute atomic E-state index is 14.1. The summed E-state index contributed by atoms with van der Waals surface area (Å²) in [6.45, 7) is 1.29. The van der Waals surface area contributed by atoms with Gasteiger partial charge in [0.05, 0.1) is 11.9 Å². The molecule has 3 heterocycles. The minimum absolute atomic E-state index is 0.0530. The molecule has 0 radical (unpaired) electrons. The quantitative estimate of drug-likeness (QED) is 0.622. The van der Waals surface area contributed by atoms with E-state index in [9.17, 15) is 13.6 Å². The second-order valence-electron chi connectivity index (χ2n) is 7.68. The van der Waals surface area contributed by atoms with Crippen LogP contribution >= 0.6 is 11.6 Å². The lowest BCUT2D eigenvalue weighted by atomic mass is 9.96. The van der Waals surface area contributed by atoms with Crippen LogP contribution in [0.5, 0.6) is 0 Å². The fourth-order valence-electron chi connectivity index (χ4n) is 3.76. The van der Waals surface area contributed by atoms with Crippen LogP contribution in [0.25, 0.3) is 5.69 Å². The largest absolute Gasteiger partial charge is 0.369 e. The highest BCUT2D eigenvalue weighted by Crippen LogP contribution is 2.40. The first-order valence-electron chi connectivity index (χ1n) is 9.83. The third-order valence-corrected chi connectivity index (χ3v) is 5.98. The first-order chi connectivity index (χ1) is 14.5. The second kappa shape index (κ2) is 7.46. The Morgan fingerprint density at radius 2 is 1.83 bits per heavy atom. The normalized spacial score (nSPS) is 17.5. The van der Waals surface area contributed by atoms with Crippen molar-refractivity contribution in [3.05, 3.63) is 63.1 Å². The maximum atomic E-state index is 14.1. The highest BCUT2D eigenvalue weighted by Gasteiger charge is 2.32. The van der Waals surface area contributed by atoms with Crippen molar-refractivity contribution in [1.82, 2.24) is 19.9 Å². The summed E-state index contributed by atoms with van der Waals surface area (Å²) >= 11 is 6.31. The Morgan fingerprint density at radius 1 is 1.07 bits per heavy atom. The van der Waals surface area contributed by atoms with E-state index in [0.717, 1.165) is 54.2 Å². The van der Waals surface area contributed by atoms with E-state index in [1.165, 1.54) is 6.20 Å². The van der Waals surface area contributed by atoms with Crippen LogP contribution in [0.2, 0.25) is 5.02 Å². The summed E-state index contributed by atoms with van der Waals surface area (Å²) in [5.41, 5.74) is -0.322. The molecule has 0 amide bonds. The molecule has 156 valence electrons. The molecule has 5 rings (SSSR count). The van der Waals surface area contributed by atoms with Crippen molar-refractivity contribution in [1.29, 1.82) is 0 Å². The third-order valence-electron chi connectivity index (χ3n) is 5.62. The van der Waals surface area contributed by atoms with Crippen LogP contribution in [0.4, 0.5) is 14.5 Å². The maximum Gasteiger partial charge on any atom is 0.292 e. The van der Waals surface area contributed by atoms with E-state index in [2.05, 4.69) is 15.2 Å². The standard InChI is InChI=1S/C20H18ClF2N5O2/c21-17-16(10-24-28(20(17)29)15-4-3-13(22)9-14(15)23)27-7-5-11(6-8-27)18-25-19(30-26-18)12-1-2-12/h3-4,9-12H,1-2,5-8H2. The molecule has 0 unspecified atom stereocenters. The molecule has 0 spiro atoms. The number of rotatable bonds is 4. The molecular weight excluding hydrogens is 416 g/mol. The fraction of sp³-hybridized carbons (Fsp3) is 0.400. The molecule has 7 nitrogen and oxygen atoms in total. The van der Waals surface area contributed by atoms with Crippen molar-refractivity contribution < 1.29 is 13.3 Å². The van der Waals surface area contributed by atoms with Crippen molar-refractivity contribution in [3.8, 4) is 5.69 Å². The topological polar surface area (TPSA) is 77.1 Å². The Kier molecular flexibility index (Phi) is 4.77. The van der Waals surface area contributed by atoms with Crippen molar-refractivity contribution in [3.63, 3.8) is 0 Å².